The Labute approximate surface area is 184 Å². The zero-order chi connectivity index (χ0) is 22.2. The average molecular weight is 430 g/mol. The monoisotopic (exact) mass is 430 g/mol. The van der Waals surface area contributed by atoms with Crippen molar-refractivity contribution in [3.8, 4) is 11.3 Å². The maximum atomic E-state index is 13.6. The van der Waals surface area contributed by atoms with E-state index >= 15 is 0 Å². The van der Waals surface area contributed by atoms with E-state index in [1.54, 1.807) is 21.7 Å². The van der Waals surface area contributed by atoms with Crippen LogP contribution in [0.25, 0.3) is 16.9 Å². The quantitative estimate of drug-likeness (QED) is 0.503. The summed E-state index contributed by atoms with van der Waals surface area (Å²) in [6.45, 7) is 2.47. The number of anilines is 2. The third kappa shape index (κ3) is 3.80. The summed E-state index contributed by atoms with van der Waals surface area (Å²) < 4.78 is 15.3. The van der Waals surface area contributed by atoms with Crippen molar-refractivity contribution in [1.29, 1.82) is 0 Å². The van der Waals surface area contributed by atoms with Crippen molar-refractivity contribution in [3.63, 3.8) is 0 Å². The molecule has 1 aliphatic heterocycles. The first-order valence-corrected chi connectivity index (χ1v) is 10.5. The molecule has 1 fully saturated rings. The van der Waals surface area contributed by atoms with Crippen LogP contribution in [0.2, 0.25) is 0 Å². The molecule has 0 bridgehead atoms. The Balaban J connectivity index is 1.46. The van der Waals surface area contributed by atoms with Gasteiger partial charge in [-0.15, -0.1) is 5.10 Å². The molecule has 8 heteroatoms. The number of nitrogens with one attached hydrogen (secondary N) is 1. The Bertz CT molecular complexity index is 1300. The number of amides is 1. The van der Waals surface area contributed by atoms with E-state index in [0.29, 0.717) is 24.4 Å². The predicted octanol–water partition coefficient (Wildman–Crippen LogP) is 3.77. The Morgan fingerprint density at radius 3 is 2.78 bits per heavy atom. The fourth-order valence-electron chi connectivity index (χ4n) is 4.05. The predicted molar refractivity (Wildman–Crippen MR) is 122 cm³/mol. The van der Waals surface area contributed by atoms with Crippen LogP contribution < -0.4 is 16.0 Å². The lowest BCUT2D eigenvalue weighted by molar-refractivity contribution is -0.117. The van der Waals surface area contributed by atoms with Gasteiger partial charge in [0.05, 0.1) is 17.9 Å². The molecule has 0 aliphatic carbocycles. The summed E-state index contributed by atoms with van der Waals surface area (Å²) in [4.78, 5) is 18.4. The van der Waals surface area contributed by atoms with Crippen LogP contribution in [0.1, 0.15) is 24.9 Å². The highest BCUT2D eigenvalue weighted by Crippen LogP contribution is 2.28. The lowest BCUT2D eigenvalue weighted by Gasteiger charge is -2.17. The highest BCUT2D eigenvalue weighted by atomic mass is 19.1. The number of rotatable bonds is 5. The van der Waals surface area contributed by atoms with Gasteiger partial charge in [-0.25, -0.2) is 13.9 Å². The van der Waals surface area contributed by atoms with E-state index < -0.39 is 0 Å². The van der Waals surface area contributed by atoms with Gasteiger partial charge >= 0.3 is 0 Å². The highest BCUT2D eigenvalue weighted by Gasteiger charge is 2.28. The second-order valence-electron chi connectivity index (χ2n) is 8.07. The molecule has 7 nitrogen and oxygen atoms in total. The van der Waals surface area contributed by atoms with Crippen LogP contribution in [0.4, 0.5) is 15.9 Å². The van der Waals surface area contributed by atoms with E-state index in [1.165, 1.54) is 12.1 Å². The zero-order valence-electron chi connectivity index (χ0n) is 17.6. The number of aromatic nitrogens is 3. The maximum Gasteiger partial charge on any atom is 0.228 e. The molecule has 1 aliphatic rings. The van der Waals surface area contributed by atoms with Crippen LogP contribution in [0.15, 0.2) is 66.9 Å². The SMILES string of the molecule is C[C@@H](Nc1ccc2ncc(-c3cccc(N4C[C@@H](N)CC4=O)c3)n2n1)c1cccc(F)c1. The van der Waals surface area contributed by atoms with Gasteiger partial charge in [-0.2, -0.15) is 0 Å². The van der Waals surface area contributed by atoms with Crippen molar-refractivity contribution >= 4 is 23.1 Å². The second-order valence-corrected chi connectivity index (χ2v) is 8.07. The van der Waals surface area contributed by atoms with Crippen molar-refractivity contribution in [2.45, 2.75) is 25.4 Å². The summed E-state index contributed by atoms with van der Waals surface area (Å²) in [7, 11) is 0. The van der Waals surface area contributed by atoms with E-state index in [4.69, 9.17) is 10.8 Å². The third-order valence-electron chi connectivity index (χ3n) is 5.68. The molecular weight excluding hydrogens is 407 g/mol. The van der Waals surface area contributed by atoms with Gasteiger partial charge in [0.1, 0.15) is 11.6 Å². The minimum absolute atomic E-state index is 0.0312. The molecule has 1 amide bonds. The van der Waals surface area contributed by atoms with Crippen molar-refractivity contribution in [2.24, 2.45) is 5.73 Å². The number of carbonyl (C=O) groups excluding carboxylic acids is 1. The summed E-state index contributed by atoms with van der Waals surface area (Å²) >= 11 is 0. The molecule has 0 spiro atoms. The fraction of sp³-hybridized carbons (Fsp3) is 0.208. The first-order chi connectivity index (χ1) is 15.5. The van der Waals surface area contributed by atoms with Crippen molar-refractivity contribution in [2.75, 3.05) is 16.8 Å². The summed E-state index contributed by atoms with van der Waals surface area (Å²) in [6.07, 6.45) is 2.12. The van der Waals surface area contributed by atoms with Crippen LogP contribution in [-0.4, -0.2) is 33.1 Å². The molecular formula is C24H23FN6O. The molecule has 3 heterocycles. The van der Waals surface area contributed by atoms with E-state index in [0.717, 1.165) is 22.5 Å². The molecule has 2 aromatic carbocycles. The van der Waals surface area contributed by atoms with Gasteiger partial charge in [0.25, 0.3) is 0 Å². The minimum Gasteiger partial charge on any atom is -0.362 e. The molecule has 2 atom stereocenters. The van der Waals surface area contributed by atoms with E-state index in [9.17, 15) is 9.18 Å². The van der Waals surface area contributed by atoms with Gasteiger partial charge in [0.15, 0.2) is 5.65 Å². The van der Waals surface area contributed by atoms with Crippen molar-refractivity contribution in [1.82, 2.24) is 14.6 Å². The van der Waals surface area contributed by atoms with Crippen LogP contribution in [0.5, 0.6) is 0 Å². The Morgan fingerprint density at radius 1 is 1.16 bits per heavy atom. The van der Waals surface area contributed by atoms with Gasteiger partial charge in [-0.3, -0.25) is 4.79 Å². The van der Waals surface area contributed by atoms with Crippen LogP contribution >= 0.6 is 0 Å². The number of carbonyl (C=O) groups is 1. The number of imidazole rings is 1. The van der Waals surface area contributed by atoms with Crippen molar-refractivity contribution in [3.05, 3.63) is 78.2 Å². The summed E-state index contributed by atoms with van der Waals surface area (Å²) in [5.41, 5.74) is 10.00. The lowest BCUT2D eigenvalue weighted by Crippen LogP contribution is -2.27. The first kappa shape index (κ1) is 20.1. The van der Waals surface area contributed by atoms with Gasteiger partial charge < -0.3 is 16.0 Å². The van der Waals surface area contributed by atoms with Gasteiger partial charge in [0, 0.05) is 30.3 Å². The molecule has 5 rings (SSSR count). The molecule has 4 aromatic rings. The van der Waals surface area contributed by atoms with Crippen LogP contribution in [-0.2, 0) is 4.79 Å². The van der Waals surface area contributed by atoms with Crippen molar-refractivity contribution < 1.29 is 9.18 Å². The smallest absolute Gasteiger partial charge is 0.228 e. The normalized spacial score (nSPS) is 17.2. The lowest BCUT2D eigenvalue weighted by atomic mass is 10.1. The Kier molecular flexibility index (Phi) is 5.07. The number of hydrogen-bond donors (Lipinski definition) is 2. The number of nitrogens with two attached hydrogens (primary N) is 1. The molecule has 162 valence electrons. The Morgan fingerprint density at radius 2 is 2.00 bits per heavy atom. The highest BCUT2D eigenvalue weighted by molar-refractivity contribution is 5.96. The standard InChI is InChI=1S/C24H23FN6O/c1-15(16-4-2-6-18(25)10-16)28-22-8-9-23-27-13-21(31(23)29-22)17-5-3-7-20(11-17)30-14-19(26)12-24(30)32/h2-11,13,15,19H,12,14,26H2,1H3,(H,28,29)/t15-,19+/m1/s1. The fourth-order valence-corrected chi connectivity index (χ4v) is 4.05. The maximum absolute atomic E-state index is 13.6. The Hall–Kier alpha value is -3.78. The van der Waals surface area contributed by atoms with E-state index in [1.807, 2.05) is 49.4 Å². The zero-order valence-corrected chi connectivity index (χ0v) is 17.6. The molecule has 3 N–H and O–H groups in total. The number of hydrogen-bond acceptors (Lipinski definition) is 5. The first-order valence-electron chi connectivity index (χ1n) is 10.5. The van der Waals surface area contributed by atoms with E-state index in [-0.39, 0.29) is 23.8 Å². The molecule has 0 unspecified atom stereocenters. The van der Waals surface area contributed by atoms with Gasteiger partial charge in [-0.1, -0.05) is 24.3 Å². The summed E-state index contributed by atoms with van der Waals surface area (Å²) in [5.74, 6) is 0.405. The molecule has 2 aromatic heterocycles. The molecule has 32 heavy (non-hydrogen) atoms. The molecule has 0 radical (unpaired) electrons. The third-order valence-corrected chi connectivity index (χ3v) is 5.68. The largest absolute Gasteiger partial charge is 0.362 e. The summed E-state index contributed by atoms with van der Waals surface area (Å²) in [5, 5.41) is 8.02. The van der Waals surface area contributed by atoms with Crippen LogP contribution in [0.3, 0.4) is 0 Å². The minimum atomic E-state index is -0.270. The molecule has 1 saturated heterocycles. The van der Waals surface area contributed by atoms with Gasteiger partial charge in [0.2, 0.25) is 5.91 Å². The summed E-state index contributed by atoms with van der Waals surface area (Å²) in [6, 6.07) is 17.7. The number of benzene rings is 2. The number of halogens is 1. The molecule has 0 saturated carbocycles. The average Bonchev–Trinajstić information content (AvgIpc) is 3.36. The van der Waals surface area contributed by atoms with Crippen LogP contribution in [0, 0.1) is 5.82 Å². The van der Waals surface area contributed by atoms with Gasteiger partial charge in [-0.05, 0) is 48.9 Å². The topological polar surface area (TPSA) is 88.5 Å². The van der Waals surface area contributed by atoms with E-state index in [2.05, 4.69) is 10.3 Å². The number of fused-ring (bicyclic) bond motifs is 1. The number of nitrogens with zero attached hydrogens (tertiary/aromatic N) is 4. The second kappa shape index (κ2) is 8.05.